The van der Waals surface area contributed by atoms with Gasteiger partial charge in [0.1, 0.15) is 0 Å². The quantitative estimate of drug-likeness (QED) is 0.179. The summed E-state index contributed by atoms with van der Waals surface area (Å²) in [6.07, 6.45) is 0. The Bertz CT molecular complexity index is 2650. The molecular formula is C49H41NS. The van der Waals surface area contributed by atoms with Crippen molar-refractivity contribution in [1.82, 2.24) is 0 Å². The average molecular weight is 676 g/mol. The van der Waals surface area contributed by atoms with Gasteiger partial charge >= 0.3 is 0 Å². The molecule has 1 nitrogen and oxygen atoms in total. The Hall–Kier alpha value is -5.44. The van der Waals surface area contributed by atoms with E-state index >= 15 is 0 Å². The highest BCUT2D eigenvalue weighted by atomic mass is 32.1. The molecule has 0 aliphatic heterocycles. The highest BCUT2D eigenvalue weighted by Crippen LogP contribution is 2.53. The van der Waals surface area contributed by atoms with Crippen molar-refractivity contribution in [3.8, 4) is 33.4 Å². The minimum absolute atomic E-state index is 0. The van der Waals surface area contributed by atoms with Gasteiger partial charge in [-0.15, -0.1) is 11.3 Å². The Labute approximate surface area is 305 Å². The summed E-state index contributed by atoms with van der Waals surface area (Å²) in [5.41, 5.74) is 16.8. The van der Waals surface area contributed by atoms with Gasteiger partial charge in [0.15, 0.2) is 0 Å². The Kier molecular flexibility index (Phi) is 6.98. The Balaban J connectivity index is 0.00000348. The molecule has 0 fully saturated rings. The van der Waals surface area contributed by atoms with Crippen LogP contribution in [0.2, 0.25) is 0 Å². The van der Waals surface area contributed by atoms with Gasteiger partial charge in [0, 0.05) is 48.1 Å². The van der Waals surface area contributed by atoms with Crippen molar-refractivity contribution in [1.29, 1.82) is 0 Å². The van der Waals surface area contributed by atoms with Crippen LogP contribution in [-0.4, -0.2) is 0 Å². The van der Waals surface area contributed by atoms with Crippen molar-refractivity contribution in [2.75, 3.05) is 4.90 Å². The van der Waals surface area contributed by atoms with Crippen LogP contribution < -0.4 is 4.90 Å². The molecule has 2 aliphatic rings. The molecule has 0 spiro atoms. The molecule has 0 N–H and O–H groups in total. The van der Waals surface area contributed by atoms with Gasteiger partial charge in [-0.05, 0) is 104 Å². The van der Waals surface area contributed by atoms with E-state index in [1.165, 1.54) is 87.2 Å². The summed E-state index contributed by atoms with van der Waals surface area (Å²) < 4.78 is 2.67. The summed E-state index contributed by atoms with van der Waals surface area (Å²) in [4.78, 5) is 2.46. The molecule has 2 heteroatoms. The predicted octanol–water partition coefficient (Wildman–Crippen LogP) is 14.4. The van der Waals surface area contributed by atoms with Gasteiger partial charge in [-0.3, -0.25) is 0 Å². The zero-order valence-electron chi connectivity index (χ0n) is 28.8. The Morgan fingerprint density at radius 1 is 0.412 bits per heavy atom. The van der Waals surface area contributed by atoms with Crippen molar-refractivity contribution in [2.24, 2.45) is 0 Å². The number of nitrogens with zero attached hydrogens (tertiary/aromatic N) is 1. The summed E-state index contributed by atoms with van der Waals surface area (Å²) in [6.45, 7) is 9.43. The van der Waals surface area contributed by atoms with Crippen LogP contribution in [0.3, 0.4) is 0 Å². The molecule has 0 saturated heterocycles. The summed E-state index contributed by atoms with van der Waals surface area (Å²) in [7, 11) is 0. The third kappa shape index (κ3) is 4.52. The SMILES string of the molecule is C.CC1(C)c2ccccc2-c2cc(N(c3ccc(-c4cccc5sc6ccccc6c45)cc3)c3ccc4c(c3)C(C)(C)c3ccccc3-4)ccc21. The van der Waals surface area contributed by atoms with E-state index in [-0.39, 0.29) is 18.3 Å². The molecule has 1 heterocycles. The molecule has 0 bridgehead atoms. The summed E-state index contributed by atoms with van der Waals surface area (Å²) in [5, 5.41) is 2.68. The summed E-state index contributed by atoms with van der Waals surface area (Å²) in [5.74, 6) is 0. The maximum absolute atomic E-state index is 2.46. The third-order valence-corrected chi connectivity index (χ3v) is 12.6. The lowest BCUT2D eigenvalue weighted by molar-refractivity contribution is 0.660. The van der Waals surface area contributed by atoms with E-state index < -0.39 is 0 Å². The molecule has 51 heavy (non-hydrogen) atoms. The molecule has 0 unspecified atom stereocenters. The molecule has 2 aliphatic carbocycles. The molecule has 0 saturated carbocycles. The number of rotatable bonds is 4. The van der Waals surface area contributed by atoms with Gasteiger partial charge in [0.25, 0.3) is 0 Å². The van der Waals surface area contributed by atoms with Crippen LogP contribution in [0.1, 0.15) is 57.4 Å². The first kappa shape index (κ1) is 31.5. The van der Waals surface area contributed by atoms with Crippen molar-refractivity contribution in [2.45, 2.75) is 46.0 Å². The number of benzene rings is 7. The first-order valence-corrected chi connectivity index (χ1v) is 18.4. The van der Waals surface area contributed by atoms with E-state index in [2.05, 4.69) is 184 Å². The van der Waals surface area contributed by atoms with Gasteiger partial charge in [-0.2, -0.15) is 0 Å². The maximum atomic E-state index is 2.46. The molecule has 248 valence electrons. The number of anilines is 3. The van der Waals surface area contributed by atoms with E-state index in [0.717, 1.165) is 5.69 Å². The van der Waals surface area contributed by atoms with Gasteiger partial charge in [-0.25, -0.2) is 0 Å². The normalized spacial score (nSPS) is 14.4. The van der Waals surface area contributed by atoms with Crippen LogP contribution in [0, 0.1) is 0 Å². The second-order valence-corrected chi connectivity index (χ2v) is 16.0. The average Bonchev–Trinajstić information content (AvgIpc) is 3.72. The van der Waals surface area contributed by atoms with Crippen LogP contribution in [-0.2, 0) is 10.8 Å². The molecular weight excluding hydrogens is 635 g/mol. The summed E-state index contributed by atoms with van der Waals surface area (Å²) >= 11 is 1.87. The first-order chi connectivity index (χ1) is 24.3. The van der Waals surface area contributed by atoms with Crippen molar-refractivity contribution in [3.63, 3.8) is 0 Å². The lowest BCUT2D eigenvalue weighted by Gasteiger charge is -2.29. The number of fused-ring (bicyclic) bond motifs is 9. The lowest BCUT2D eigenvalue weighted by Crippen LogP contribution is -2.17. The molecule has 0 amide bonds. The highest BCUT2D eigenvalue weighted by Gasteiger charge is 2.37. The van der Waals surface area contributed by atoms with E-state index in [4.69, 9.17) is 0 Å². The predicted molar refractivity (Wildman–Crippen MR) is 221 cm³/mol. The molecule has 7 aromatic carbocycles. The van der Waals surface area contributed by atoms with Crippen molar-refractivity contribution >= 4 is 48.6 Å². The fourth-order valence-corrected chi connectivity index (χ4v) is 10.1. The van der Waals surface area contributed by atoms with Gasteiger partial charge in [0.05, 0.1) is 0 Å². The first-order valence-electron chi connectivity index (χ1n) is 17.6. The third-order valence-electron chi connectivity index (χ3n) is 11.5. The van der Waals surface area contributed by atoms with Crippen molar-refractivity contribution in [3.05, 3.63) is 174 Å². The smallest absolute Gasteiger partial charge is 0.0468 e. The highest BCUT2D eigenvalue weighted by molar-refractivity contribution is 7.25. The molecule has 1 aromatic heterocycles. The fourth-order valence-electron chi connectivity index (χ4n) is 8.93. The topological polar surface area (TPSA) is 3.24 Å². The van der Waals surface area contributed by atoms with E-state index in [1.54, 1.807) is 0 Å². The minimum Gasteiger partial charge on any atom is -0.310 e. The monoisotopic (exact) mass is 675 g/mol. The van der Waals surface area contributed by atoms with E-state index in [1.807, 2.05) is 11.3 Å². The molecule has 0 atom stereocenters. The van der Waals surface area contributed by atoms with E-state index in [0.29, 0.717) is 0 Å². The molecule has 10 rings (SSSR count). The molecule has 8 aromatic rings. The Morgan fingerprint density at radius 2 is 0.941 bits per heavy atom. The van der Waals surface area contributed by atoms with Gasteiger partial charge < -0.3 is 4.90 Å². The second-order valence-electron chi connectivity index (χ2n) is 15.0. The lowest BCUT2D eigenvalue weighted by atomic mass is 9.82. The van der Waals surface area contributed by atoms with Crippen LogP contribution in [0.4, 0.5) is 17.1 Å². The number of hydrogen-bond donors (Lipinski definition) is 0. The van der Waals surface area contributed by atoms with Crippen LogP contribution in [0.25, 0.3) is 53.6 Å². The largest absolute Gasteiger partial charge is 0.310 e. The molecule has 0 radical (unpaired) electrons. The van der Waals surface area contributed by atoms with Crippen LogP contribution >= 0.6 is 11.3 Å². The number of thiophene rings is 1. The van der Waals surface area contributed by atoms with Crippen LogP contribution in [0.5, 0.6) is 0 Å². The van der Waals surface area contributed by atoms with Gasteiger partial charge in [-0.1, -0.05) is 138 Å². The maximum Gasteiger partial charge on any atom is 0.0468 e. The standard InChI is InChI=1S/C48H37NS.CH4/c1-47(2)41-17-9-6-13-36(41)39-28-32(25-27-42(39)47)49(33-24-26-37-35-12-5-8-16-40(35)48(3,4)43(37)29-33)31-22-20-30(21-23-31)34-15-11-19-45-46(34)38-14-7-10-18-44(38)50-45;/h5-29H,1-4H3;1H4. The zero-order chi connectivity index (χ0) is 33.8. The Morgan fingerprint density at radius 3 is 1.71 bits per heavy atom. The van der Waals surface area contributed by atoms with Gasteiger partial charge in [0.2, 0.25) is 0 Å². The summed E-state index contributed by atoms with van der Waals surface area (Å²) in [6, 6.07) is 56.8. The number of hydrogen-bond acceptors (Lipinski definition) is 2. The second kappa shape index (κ2) is 11.3. The zero-order valence-corrected chi connectivity index (χ0v) is 29.6. The fraction of sp³-hybridized carbons (Fsp3) is 0.143. The minimum atomic E-state index is -0.0830. The van der Waals surface area contributed by atoms with Crippen LogP contribution in [0.15, 0.2) is 152 Å². The van der Waals surface area contributed by atoms with Crippen molar-refractivity contribution < 1.29 is 0 Å². The van der Waals surface area contributed by atoms with E-state index in [9.17, 15) is 0 Å².